The summed E-state index contributed by atoms with van der Waals surface area (Å²) >= 11 is 0. The van der Waals surface area contributed by atoms with Gasteiger partial charge in [0.05, 0.1) is 25.8 Å². The Labute approximate surface area is 238 Å². The van der Waals surface area contributed by atoms with E-state index in [0.717, 1.165) is 5.56 Å². The van der Waals surface area contributed by atoms with Crippen molar-refractivity contribution in [2.24, 2.45) is 11.8 Å². The standard InChI is InChI=1S/C29H48N4O7/c1-18(2)15-22(25(35)32-24(19(3)4)26(36)39-9)30-27(37)33(8)17-23(34)21(16-20-13-11-10-12-14-20)31-28(38)40-29(5,6)7/h10-14,18-19,21-24,34H,15-17H2,1-9H3,(H,30,37)(H,31,38)(H,32,35)/t21-,22-,23-,24-/m1/s1. The number of amides is 4. The molecule has 226 valence electrons. The highest BCUT2D eigenvalue weighted by Crippen LogP contribution is 2.12. The molecule has 0 aliphatic carbocycles. The van der Waals surface area contributed by atoms with Crippen LogP contribution in [0.25, 0.3) is 0 Å². The van der Waals surface area contributed by atoms with Crippen molar-refractivity contribution in [1.29, 1.82) is 0 Å². The van der Waals surface area contributed by atoms with E-state index in [2.05, 4.69) is 16.0 Å². The maximum Gasteiger partial charge on any atom is 0.407 e. The van der Waals surface area contributed by atoms with Crippen molar-refractivity contribution in [3.63, 3.8) is 0 Å². The van der Waals surface area contributed by atoms with Crippen molar-refractivity contribution in [3.8, 4) is 0 Å². The maximum absolute atomic E-state index is 13.1. The number of carbonyl (C=O) groups is 4. The SMILES string of the molecule is COC(=O)[C@H](NC(=O)[C@@H](CC(C)C)NC(=O)N(C)C[C@@H](O)[C@@H](Cc1ccccc1)NC(=O)OC(C)(C)C)C(C)C. The van der Waals surface area contributed by atoms with Gasteiger partial charge in [-0.05, 0) is 51.0 Å². The Morgan fingerprint density at radius 1 is 0.975 bits per heavy atom. The van der Waals surface area contributed by atoms with E-state index < -0.39 is 53.8 Å². The normalized spacial score (nSPS) is 14.5. The van der Waals surface area contributed by atoms with Crippen LogP contribution in [0.4, 0.5) is 9.59 Å². The molecule has 4 amide bonds. The Kier molecular flexibility index (Phi) is 13.9. The summed E-state index contributed by atoms with van der Waals surface area (Å²) in [7, 11) is 2.74. The minimum Gasteiger partial charge on any atom is -0.467 e. The summed E-state index contributed by atoms with van der Waals surface area (Å²) in [6.07, 6.45) is -1.19. The number of aliphatic hydroxyl groups excluding tert-OH is 1. The van der Waals surface area contributed by atoms with Crippen molar-refractivity contribution in [3.05, 3.63) is 35.9 Å². The Hall–Kier alpha value is -3.34. The molecule has 4 N–H and O–H groups in total. The number of urea groups is 1. The molecule has 0 spiro atoms. The third-order valence-electron chi connectivity index (χ3n) is 6.01. The smallest absolute Gasteiger partial charge is 0.407 e. The fourth-order valence-corrected chi connectivity index (χ4v) is 3.94. The third-order valence-corrected chi connectivity index (χ3v) is 6.01. The Morgan fingerprint density at radius 3 is 2.08 bits per heavy atom. The van der Waals surface area contributed by atoms with E-state index in [0.29, 0.717) is 12.8 Å². The van der Waals surface area contributed by atoms with Crippen molar-refractivity contribution < 1.29 is 33.8 Å². The molecule has 0 aromatic heterocycles. The lowest BCUT2D eigenvalue weighted by molar-refractivity contribution is -0.146. The summed E-state index contributed by atoms with van der Waals surface area (Å²) in [5, 5.41) is 19.2. The van der Waals surface area contributed by atoms with Crippen LogP contribution in [0.3, 0.4) is 0 Å². The predicted molar refractivity (Wildman–Crippen MR) is 152 cm³/mol. The zero-order valence-electron chi connectivity index (χ0n) is 25.3. The van der Waals surface area contributed by atoms with E-state index in [1.807, 2.05) is 44.2 Å². The summed E-state index contributed by atoms with van der Waals surface area (Å²) in [5.41, 5.74) is 0.158. The van der Waals surface area contributed by atoms with Crippen LogP contribution in [0.5, 0.6) is 0 Å². The van der Waals surface area contributed by atoms with Gasteiger partial charge in [-0.1, -0.05) is 58.0 Å². The summed E-state index contributed by atoms with van der Waals surface area (Å²) in [6, 6.07) is 6.21. The zero-order valence-corrected chi connectivity index (χ0v) is 25.3. The largest absolute Gasteiger partial charge is 0.467 e. The van der Waals surface area contributed by atoms with E-state index in [9.17, 15) is 24.3 Å². The average Bonchev–Trinajstić information content (AvgIpc) is 2.84. The number of hydrogen-bond acceptors (Lipinski definition) is 7. The van der Waals surface area contributed by atoms with Gasteiger partial charge in [0.2, 0.25) is 5.91 Å². The van der Waals surface area contributed by atoms with E-state index in [4.69, 9.17) is 9.47 Å². The van der Waals surface area contributed by atoms with Crippen molar-refractivity contribution in [2.75, 3.05) is 20.7 Å². The first-order valence-electron chi connectivity index (χ1n) is 13.6. The van der Waals surface area contributed by atoms with Crippen molar-refractivity contribution in [1.82, 2.24) is 20.9 Å². The number of nitrogens with one attached hydrogen (secondary N) is 3. The molecule has 0 saturated heterocycles. The highest BCUT2D eigenvalue weighted by Gasteiger charge is 2.31. The maximum atomic E-state index is 13.1. The second-order valence-corrected chi connectivity index (χ2v) is 11.8. The molecule has 11 nitrogen and oxygen atoms in total. The van der Waals surface area contributed by atoms with Gasteiger partial charge in [-0.15, -0.1) is 0 Å². The molecule has 11 heteroatoms. The highest BCUT2D eigenvalue weighted by molar-refractivity contribution is 5.90. The van der Waals surface area contributed by atoms with Crippen molar-refractivity contribution >= 4 is 24.0 Å². The minimum atomic E-state index is -1.15. The van der Waals surface area contributed by atoms with Gasteiger partial charge in [0.1, 0.15) is 17.7 Å². The van der Waals surface area contributed by atoms with Crippen LogP contribution in [0.1, 0.15) is 60.5 Å². The topological polar surface area (TPSA) is 146 Å². The molecule has 0 radical (unpaired) electrons. The van der Waals surface area contributed by atoms with Gasteiger partial charge in [-0.2, -0.15) is 0 Å². The number of benzene rings is 1. The van der Waals surface area contributed by atoms with Gasteiger partial charge in [0, 0.05) is 7.05 Å². The van der Waals surface area contributed by atoms with Gasteiger partial charge in [0.25, 0.3) is 0 Å². The molecule has 1 aromatic carbocycles. The second-order valence-electron chi connectivity index (χ2n) is 11.8. The first-order valence-corrected chi connectivity index (χ1v) is 13.6. The van der Waals surface area contributed by atoms with E-state index in [1.54, 1.807) is 34.6 Å². The molecule has 0 bridgehead atoms. The van der Waals surface area contributed by atoms with Gasteiger partial charge in [0.15, 0.2) is 0 Å². The average molecular weight is 565 g/mol. The molecule has 0 aliphatic heterocycles. The van der Waals surface area contributed by atoms with E-state index in [1.165, 1.54) is 19.1 Å². The fourth-order valence-electron chi connectivity index (χ4n) is 3.94. The number of esters is 1. The van der Waals surface area contributed by atoms with Crippen molar-refractivity contribution in [2.45, 2.75) is 91.1 Å². The summed E-state index contributed by atoms with van der Waals surface area (Å²) in [4.78, 5) is 52.1. The van der Waals surface area contributed by atoms with Gasteiger partial charge < -0.3 is 35.4 Å². The van der Waals surface area contributed by atoms with E-state index in [-0.39, 0.29) is 18.4 Å². The monoisotopic (exact) mass is 564 g/mol. The number of likely N-dealkylation sites (N-methyl/N-ethyl adjacent to an activating group) is 1. The molecule has 4 atom stereocenters. The van der Waals surface area contributed by atoms with Crippen LogP contribution in [0, 0.1) is 11.8 Å². The molecule has 0 fully saturated rings. The number of nitrogens with zero attached hydrogens (tertiary/aromatic N) is 1. The molecule has 1 rings (SSSR count). The van der Waals surface area contributed by atoms with Gasteiger partial charge in [-0.3, -0.25) is 4.79 Å². The fraction of sp³-hybridized carbons (Fsp3) is 0.655. The lowest BCUT2D eigenvalue weighted by atomic mass is 10.0. The van der Waals surface area contributed by atoms with Crippen LogP contribution in [-0.2, 0) is 25.5 Å². The number of rotatable bonds is 13. The Morgan fingerprint density at radius 2 is 1.57 bits per heavy atom. The summed E-state index contributed by atoms with van der Waals surface area (Å²) < 4.78 is 10.2. The quantitative estimate of drug-likeness (QED) is 0.270. The minimum absolute atomic E-state index is 0.0656. The van der Waals surface area contributed by atoms with E-state index >= 15 is 0 Å². The summed E-state index contributed by atoms with van der Waals surface area (Å²) in [5.74, 6) is -1.23. The van der Waals surface area contributed by atoms with Crippen LogP contribution in [-0.4, -0.2) is 84.5 Å². The Bertz CT molecular complexity index is 963. The van der Waals surface area contributed by atoms with Crippen LogP contribution < -0.4 is 16.0 Å². The van der Waals surface area contributed by atoms with Crippen LogP contribution in [0.2, 0.25) is 0 Å². The molecule has 1 aromatic rings. The number of ether oxygens (including phenoxy) is 2. The zero-order chi connectivity index (χ0) is 30.6. The number of aliphatic hydroxyl groups is 1. The molecular weight excluding hydrogens is 516 g/mol. The molecule has 0 saturated carbocycles. The molecule has 40 heavy (non-hydrogen) atoms. The number of alkyl carbamates (subject to hydrolysis) is 1. The number of carbonyl (C=O) groups excluding carboxylic acids is 4. The number of methoxy groups -OCH3 is 1. The first-order chi connectivity index (χ1) is 18.5. The second kappa shape index (κ2) is 16.1. The molecule has 0 aliphatic rings. The lowest BCUT2D eigenvalue weighted by Crippen LogP contribution is -2.56. The van der Waals surface area contributed by atoms with Gasteiger partial charge >= 0.3 is 18.1 Å². The van der Waals surface area contributed by atoms with Gasteiger partial charge in [-0.25, -0.2) is 14.4 Å². The summed E-state index contributed by atoms with van der Waals surface area (Å²) in [6.45, 7) is 12.5. The van der Waals surface area contributed by atoms with Crippen LogP contribution >= 0.6 is 0 Å². The number of hydrogen-bond donors (Lipinski definition) is 4. The predicted octanol–water partition coefficient (Wildman–Crippen LogP) is 2.85. The third kappa shape index (κ3) is 12.7. The molecular formula is C29H48N4O7. The molecule has 0 unspecified atom stereocenters. The molecule has 0 heterocycles. The highest BCUT2D eigenvalue weighted by atomic mass is 16.6. The lowest BCUT2D eigenvalue weighted by Gasteiger charge is -2.30. The van der Waals surface area contributed by atoms with Crippen LogP contribution in [0.15, 0.2) is 30.3 Å². The Balaban J connectivity index is 2.99. The first kappa shape index (κ1) is 34.7.